The van der Waals surface area contributed by atoms with Crippen molar-refractivity contribution in [1.82, 2.24) is 4.57 Å². The Hall–Kier alpha value is -2.97. The molecule has 1 saturated heterocycles. The van der Waals surface area contributed by atoms with Gasteiger partial charge in [0.2, 0.25) is 0 Å². The van der Waals surface area contributed by atoms with E-state index in [4.69, 9.17) is 14.0 Å². The molecule has 1 aliphatic heterocycles. The van der Waals surface area contributed by atoms with E-state index in [-0.39, 0.29) is 12.0 Å². The summed E-state index contributed by atoms with van der Waals surface area (Å²) in [6.07, 6.45) is 3.74. The smallest absolute Gasteiger partial charge is 0.461 e. The van der Waals surface area contributed by atoms with Crippen LogP contribution in [-0.4, -0.2) is 28.9 Å². The molecule has 0 N–H and O–H groups in total. The lowest BCUT2D eigenvalue weighted by Crippen LogP contribution is -2.41. The lowest BCUT2D eigenvalue weighted by molar-refractivity contribution is -0.142. The Morgan fingerprint density at radius 2 is 1.83 bits per heavy atom. The van der Waals surface area contributed by atoms with Crippen LogP contribution in [-0.2, 0) is 25.4 Å². The van der Waals surface area contributed by atoms with Crippen LogP contribution in [0.2, 0.25) is 0 Å². The van der Waals surface area contributed by atoms with Gasteiger partial charge >= 0.3 is 13.1 Å². The number of aromatic nitrogens is 1. The number of nitrogens with zero attached hydrogens (tertiary/aromatic N) is 1. The summed E-state index contributed by atoms with van der Waals surface area (Å²) in [5.74, 6) is -0.597. The van der Waals surface area contributed by atoms with Gasteiger partial charge in [-0.1, -0.05) is 18.2 Å². The molecule has 0 spiro atoms. The number of halogens is 1. The molecule has 6 nitrogen and oxygen atoms in total. The Labute approximate surface area is 204 Å². The molecule has 0 atom stereocenters. The zero-order valence-corrected chi connectivity index (χ0v) is 20.7. The van der Waals surface area contributed by atoms with Crippen LogP contribution < -0.4 is 11.0 Å². The van der Waals surface area contributed by atoms with Gasteiger partial charge in [0.1, 0.15) is 12.4 Å². The average molecular weight is 477 g/mol. The summed E-state index contributed by atoms with van der Waals surface area (Å²) in [6, 6.07) is 10.5. The van der Waals surface area contributed by atoms with Crippen molar-refractivity contribution in [2.75, 3.05) is 0 Å². The number of carbonyl (C=O) groups is 1. The summed E-state index contributed by atoms with van der Waals surface area (Å²) in [6.45, 7) is 9.05. The van der Waals surface area contributed by atoms with Gasteiger partial charge in [0.15, 0.2) is 0 Å². The summed E-state index contributed by atoms with van der Waals surface area (Å²) in [5.41, 5.74) is 1.01. The summed E-state index contributed by atoms with van der Waals surface area (Å²) in [5, 5.41) is 0.619. The van der Waals surface area contributed by atoms with Crippen molar-refractivity contribution in [3.8, 4) is 5.69 Å². The fourth-order valence-corrected chi connectivity index (χ4v) is 4.53. The third-order valence-electron chi connectivity index (χ3n) is 7.40. The van der Waals surface area contributed by atoms with E-state index in [2.05, 4.69) is 0 Å². The maximum absolute atomic E-state index is 15.1. The largest absolute Gasteiger partial charge is 0.495 e. The molecule has 1 saturated carbocycles. The fraction of sp³-hybridized carbons (Fsp3) is 0.407. The average Bonchev–Trinajstić information content (AvgIpc) is 3.59. The van der Waals surface area contributed by atoms with Gasteiger partial charge in [0.05, 0.1) is 22.3 Å². The van der Waals surface area contributed by atoms with Crippen LogP contribution in [0, 0.1) is 5.82 Å². The van der Waals surface area contributed by atoms with Crippen LogP contribution in [0.4, 0.5) is 4.39 Å². The predicted octanol–water partition coefficient (Wildman–Crippen LogP) is 4.37. The normalized spacial score (nSPS) is 18.7. The Bertz CT molecular complexity index is 1380. The Kier molecular flexibility index (Phi) is 5.64. The van der Waals surface area contributed by atoms with Gasteiger partial charge in [-0.15, -0.1) is 0 Å². The van der Waals surface area contributed by atoms with E-state index in [0.717, 1.165) is 18.4 Å². The molecule has 0 unspecified atom stereocenters. The van der Waals surface area contributed by atoms with Crippen molar-refractivity contribution >= 4 is 29.3 Å². The van der Waals surface area contributed by atoms with E-state index in [1.54, 1.807) is 24.4 Å². The number of benzene rings is 2. The first-order valence-corrected chi connectivity index (χ1v) is 11.9. The number of pyridine rings is 1. The number of rotatable bonds is 5. The summed E-state index contributed by atoms with van der Waals surface area (Å²) < 4.78 is 34.4. The van der Waals surface area contributed by atoms with E-state index in [1.807, 2.05) is 39.8 Å². The second kappa shape index (κ2) is 8.31. The number of fused-ring (bicyclic) bond motifs is 1. The van der Waals surface area contributed by atoms with E-state index in [9.17, 15) is 9.59 Å². The standard InChI is InChI=1S/C27H29BFNO5/c1-16(31)33-15-20-21(28-34-26(2,3)27(4,5)35-28)7-6-8-23(20)30-12-11-18-13-19(17-9-10-17)14-22(29)24(18)25(30)32/h6-8,11-14,17H,9-10,15H2,1-5H3. The third kappa shape index (κ3) is 4.19. The van der Waals surface area contributed by atoms with Crippen molar-refractivity contribution in [1.29, 1.82) is 0 Å². The number of hydrogen-bond donors (Lipinski definition) is 0. The topological polar surface area (TPSA) is 66.8 Å². The number of ether oxygens (including phenoxy) is 1. The van der Waals surface area contributed by atoms with Crippen LogP contribution in [0.3, 0.4) is 0 Å². The van der Waals surface area contributed by atoms with E-state index >= 15 is 4.39 Å². The maximum Gasteiger partial charge on any atom is 0.495 e. The zero-order valence-electron chi connectivity index (χ0n) is 20.7. The van der Waals surface area contributed by atoms with Gasteiger partial charge in [-0.2, -0.15) is 0 Å². The highest BCUT2D eigenvalue weighted by Crippen LogP contribution is 2.41. The minimum absolute atomic E-state index is 0.0383. The van der Waals surface area contributed by atoms with Gasteiger partial charge in [0.25, 0.3) is 5.56 Å². The van der Waals surface area contributed by atoms with Crippen LogP contribution in [0.15, 0.2) is 47.4 Å². The third-order valence-corrected chi connectivity index (χ3v) is 7.40. The fourth-order valence-electron chi connectivity index (χ4n) is 4.53. The van der Waals surface area contributed by atoms with Gasteiger partial charge in [-0.25, -0.2) is 4.39 Å². The minimum atomic E-state index is -0.723. The molecule has 2 heterocycles. The lowest BCUT2D eigenvalue weighted by atomic mass is 9.75. The van der Waals surface area contributed by atoms with Crippen LogP contribution >= 0.6 is 0 Å². The summed E-state index contributed by atoms with van der Waals surface area (Å²) in [7, 11) is -0.723. The van der Waals surface area contributed by atoms with Gasteiger partial charge in [0, 0.05) is 18.7 Å². The lowest BCUT2D eigenvalue weighted by Gasteiger charge is -2.32. The van der Waals surface area contributed by atoms with Crippen molar-refractivity contribution < 1.29 is 23.2 Å². The molecule has 2 aromatic carbocycles. The Balaban J connectivity index is 1.65. The molecule has 0 amide bonds. The molecule has 0 bridgehead atoms. The number of hydrogen-bond acceptors (Lipinski definition) is 5. The van der Waals surface area contributed by atoms with Crippen LogP contribution in [0.5, 0.6) is 0 Å². The Morgan fingerprint density at radius 1 is 1.14 bits per heavy atom. The molecule has 35 heavy (non-hydrogen) atoms. The second-order valence-electron chi connectivity index (χ2n) is 10.4. The highest BCUT2D eigenvalue weighted by atomic mass is 19.1. The molecule has 2 aliphatic rings. The van der Waals surface area contributed by atoms with Crippen molar-refractivity contribution in [3.63, 3.8) is 0 Å². The predicted molar refractivity (Wildman–Crippen MR) is 133 cm³/mol. The zero-order chi connectivity index (χ0) is 25.1. The summed E-state index contributed by atoms with van der Waals surface area (Å²) in [4.78, 5) is 25.2. The monoisotopic (exact) mass is 477 g/mol. The summed E-state index contributed by atoms with van der Waals surface area (Å²) >= 11 is 0. The molecule has 2 fully saturated rings. The van der Waals surface area contributed by atoms with Crippen molar-refractivity contribution in [2.24, 2.45) is 0 Å². The Morgan fingerprint density at radius 3 is 2.46 bits per heavy atom. The van der Waals surface area contributed by atoms with Crippen LogP contribution in [0.1, 0.15) is 64.5 Å². The first-order chi connectivity index (χ1) is 16.5. The molecule has 182 valence electrons. The van der Waals surface area contributed by atoms with Crippen LogP contribution in [0.25, 0.3) is 16.5 Å². The van der Waals surface area contributed by atoms with E-state index in [1.165, 1.54) is 17.6 Å². The van der Waals surface area contributed by atoms with Gasteiger partial charge in [-0.05, 0) is 81.1 Å². The molecular formula is C27H29BFNO5. The minimum Gasteiger partial charge on any atom is -0.461 e. The first kappa shape index (κ1) is 23.8. The van der Waals surface area contributed by atoms with Crippen molar-refractivity contribution in [2.45, 2.75) is 71.2 Å². The molecule has 5 rings (SSSR count). The first-order valence-electron chi connectivity index (χ1n) is 11.9. The molecule has 1 aromatic heterocycles. The second-order valence-corrected chi connectivity index (χ2v) is 10.4. The SMILES string of the molecule is CC(=O)OCc1c(B2OC(C)(C)C(C)(C)O2)cccc1-n1ccc2cc(C3CC3)cc(F)c2c1=O. The quantitative estimate of drug-likeness (QED) is 0.404. The van der Waals surface area contributed by atoms with Gasteiger partial charge in [-0.3, -0.25) is 14.2 Å². The highest BCUT2D eigenvalue weighted by Gasteiger charge is 2.52. The molecule has 0 radical (unpaired) electrons. The maximum atomic E-state index is 15.1. The molecule has 8 heteroatoms. The molecular weight excluding hydrogens is 448 g/mol. The van der Waals surface area contributed by atoms with E-state index < -0.39 is 35.7 Å². The molecule has 3 aromatic rings. The number of carbonyl (C=O) groups excluding carboxylic acids is 1. The number of esters is 1. The van der Waals surface area contributed by atoms with Crippen molar-refractivity contribution in [3.05, 3.63) is 69.9 Å². The van der Waals surface area contributed by atoms with Gasteiger partial charge < -0.3 is 14.0 Å². The van der Waals surface area contributed by atoms with E-state index in [0.29, 0.717) is 28.0 Å². The molecule has 1 aliphatic carbocycles. The highest BCUT2D eigenvalue weighted by molar-refractivity contribution is 6.62.